The summed E-state index contributed by atoms with van der Waals surface area (Å²) in [5.74, 6) is 0. The van der Waals surface area contributed by atoms with Gasteiger partial charge in [-0.3, -0.25) is 0 Å². The molecule has 2 amide bonds. The lowest BCUT2D eigenvalue weighted by Gasteiger charge is -2.17. The highest BCUT2D eigenvalue weighted by Crippen LogP contribution is 2.47. The molecule has 3 rings (SSSR count). The fourth-order valence-corrected chi connectivity index (χ4v) is 2.98. The van der Waals surface area contributed by atoms with Crippen LogP contribution in [0.1, 0.15) is 29.5 Å². The zero-order chi connectivity index (χ0) is 15.6. The van der Waals surface area contributed by atoms with E-state index in [2.05, 4.69) is 41.0 Å². The molecule has 1 aliphatic carbocycles. The van der Waals surface area contributed by atoms with Gasteiger partial charge in [0.05, 0.1) is 0 Å². The molecule has 0 atom stereocenters. The Morgan fingerprint density at radius 2 is 1.68 bits per heavy atom. The van der Waals surface area contributed by atoms with Gasteiger partial charge in [0, 0.05) is 17.6 Å². The quantitative estimate of drug-likeness (QED) is 0.873. The van der Waals surface area contributed by atoms with Crippen LogP contribution in [0.15, 0.2) is 48.5 Å². The number of hydrogen-bond acceptors (Lipinski definition) is 1. The van der Waals surface area contributed by atoms with E-state index in [4.69, 9.17) is 0 Å². The van der Waals surface area contributed by atoms with Gasteiger partial charge in [0.15, 0.2) is 0 Å². The average Bonchev–Trinajstić information content (AvgIpc) is 3.26. The minimum atomic E-state index is -0.132. The largest absolute Gasteiger partial charge is 0.337 e. The lowest BCUT2D eigenvalue weighted by molar-refractivity contribution is 0.251. The van der Waals surface area contributed by atoms with Crippen molar-refractivity contribution in [3.63, 3.8) is 0 Å². The smallest absolute Gasteiger partial charge is 0.319 e. The van der Waals surface area contributed by atoms with Gasteiger partial charge in [0.2, 0.25) is 0 Å². The van der Waals surface area contributed by atoms with Crippen molar-refractivity contribution in [2.75, 3.05) is 11.9 Å². The van der Waals surface area contributed by atoms with Crippen LogP contribution in [0, 0.1) is 13.8 Å². The van der Waals surface area contributed by atoms with Gasteiger partial charge in [-0.05, 0) is 55.5 Å². The predicted octanol–water partition coefficient (Wildman–Crippen LogP) is 4.16. The fourth-order valence-electron chi connectivity index (χ4n) is 2.98. The van der Waals surface area contributed by atoms with E-state index in [1.807, 2.05) is 32.0 Å². The maximum atomic E-state index is 12.1. The third-order valence-electron chi connectivity index (χ3n) is 4.31. The van der Waals surface area contributed by atoms with E-state index in [9.17, 15) is 4.79 Å². The first-order valence-electron chi connectivity index (χ1n) is 7.76. The predicted molar refractivity (Wildman–Crippen MR) is 90.3 cm³/mol. The lowest BCUT2D eigenvalue weighted by Crippen LogP contribution is -2.35. The van der Waals surface area contributed by atoms with Crippen molar-refractivity contribution in [3.05, 3.63) is 65.2 Å². The Labute approximate surface area is 131 Å². The normalized spacial score (nSPS) is 15.2. The van der Waals surface area contributed by atoms with E-state index in [0.29, 0.717) is 6.54 Å². The Morgan fingerprint density at radius 1 is 1.05 bits per heavy atom. The van der Waals surface area contributed by atoms with E-state index in [-0.39, 0.29) is 11.4 Å². The number of hydrogen-bond donors (Lipinski definition) is 2. The van der Waals surface area contributed by atoms with Crippen molar-refractivity contribution >= 4 is 11.7 Å². The van der Waals surface area contributed by atoms with Gasteiger partial charge in [-0.2, -0.15) is 0 Å². The first-order chi connectivity index (χ1) is 10.6. The van der Waals surface area contributed by atoms with Gasteiger partial charge in [0.25, 0.3) is 0 Å². The SMILES string of the molecule is Cc1cc(C)cc(NC(=O)NCC2(c3ccccc3)CC2)c1. The van der Waals surface area contributed by atoms with Gasteiger partial charge >= 0.3 is 6.03 Å². The van der Waals surface area contributed by atoms with Gasteiger partial charge in [-0.15, -0.1) is 0 Å². The number of nitrogens with one attached hydrogen (secondary N) is 2. The van der Waals surface area contributed by atoms with Crippen molar-refractivity contribution < 1.29 is 4.79 Å². The van der Waals surface area contributed by atoms with Crippen LogP contribution in [0.2, 0.25) is 0 Å². The van der Waals surface area contributed by atoms with Crippen LogP contribution in [0.3, 0.4) is 0 Å². The summed E-state index contributed by atoms with van der Waals surface area (Å²) in [6.45, 7) is 4.75. The van der Waals surface area contributed by atoms with E-state index >= 15 is 0 Å². The molecule has 1 aliphatic rings. The van der Waals surface area contributed by atoms with Crippen molar-refractivity contribution in [2.45, 2.75) is 32.1 Å². The van der Waals surface area contributed by atoms with Gasteiger partial charge in [-0.25, -0.2) is 4.79 Å². The Morgan fingerprint density at radius 3 is 2.27 bits per heavy atom. The summed E-state index contributed by atoms with van der Waals surface area (Å²) < 4.78 is 0. The molecule has 114 valence electrons. The topological polar surface area (TPSA) is 41.1 Å². The molecule has 22 heavy (non-hydrogen) atoms. The molecule has 3 heteroatoms. The maximum absolute atomic E-state index is 12.1. The van der Waals surface area contributed by atoms with Crippen molar-refractivity contribution in [1.82, 2.24) is 5.32 Å². The molecule has 0 aromatic heterocycles. The summed E-state index contributed by atoms with van der Waals surface area (Å²) in [4.78, 5) is 12.1. The molecule has 2 N–H and O–H groups in total. The first-order valence-corrected chi connectivity index (χ1v) is 7.76. The summed E-state index contributed by atoms with van der Waals surface area (Å²) in [6.07, 6.45) is 2.28. The first kappa shape index (κ1) is 14.6. The lowest BCUT2D eigenvalue weighted by atomic mass is 9.96. The summed E-state index contributed by atoms with van der Waals surface area (Å²) in [5.41, 5.74) is 4.61. The highest BCUT2D eigenvalue weighted by Gasteiger charge is 2.44. The third kappa shape index (κ3) is 3.30. The second kappa shape index (κ2) is 5.84. The monoisotopic (exact) mass is 294 g/mol. The molecule has 0 aliphatic heterocycles. The summed E-state index contributed by atoms with van der Waals surface area (Å²) in [5, 5.41) is 5.95. The molecule has 2 aromatic carbocycles. The summed E-state index contributed by atoms with van der Waals surface area (Å²) >= 11 is 0. The molecule has 0 bridgehead atoms. The van der Waals surface area contributed by atoms with Crippen molar-refractivity contribution in [3.8, 4) is 0 Å². The number of anilines is 1. The minimum Gasteiger partial charge on any atom is -0.337 e. The van der Waals surface area contributed by atoms with Crippen LogP contribution in [-0.2, 0) is 5.41 Å². The highest BCUT2D eigenvalue weighted by atomic mass is 16.2. The second-order valence-corrected chi connectivity index (χ2v) is 6.33. The minimum absolute atomic E-state index is 0.132. The zero-order valence-electron chi connectivity index (χ0n) is 13.1. The number of amides is 2. The Balaban J connectivity index is 1.59. The molecule has 1 saturated carbocycles. The summed E-state index contributed by atoms with van der Waals surface area (Å²) in [6, 6.07) is 16.4. The van der Waals surface area contributed by atoms with Crippen molar-refractivity contribution in [2.24, 2.45) is 0 Å². The molecule has 2 aromatic rings. The highest BCUT2D eigenvalue weighted by molar-refractivity contribution is 5.89. The molecular formula is C19H22N2O. The van der Waals surface area contributed by atoms with Crippen molar-refractivity contribution in [1.29, 1.82) is 0 Å². The number of benzene rings is 2. The molecule has 1 fully saturated rings. The third-order valence-corrected chi connectivity index (χ3v) is 4.31. The molecule has 0 spiro atoms. The molecule has 0 saturated heterocycles. The van der Waals surface area contributed by atoms with Gasteiger partial charge < -0.3 is 10.6 Å². The molecule has 3 nitrogen and oxygen atoms in total. The number of carbonyl (C=O) groups is 1. The van der Waals surface area contributed by atoms with E-state index in [1.54, 1.807) is 0 Å². The van der Waals surface area contributed by atoms with Crippen LogP contribution in [-0.4, -0.2) is 12.6 Å². The molecule has 0 heterocycles. The fraction of sp³-hybridized carbons (Fsp3) is 0.316. The Bertz CT molecular complexity index is 655. The van der Waals surface area contributed by atoms with Crippen LogP contribution in [0.5, 0.6) is 0 Å². The molecular weight excluding hydrogens is 272 g/mol. The van der Waals surface area contributed by atoms with Gasteiger partial charge in [-0.1, -0.05) is 36.4 Å². The second-order valence-electron chi connectivity index (χ2n) is 6.33. The zero-order valence-corrected chi connectivity index (χ0v) is 13.1. The number of rotatable bonds is 4. The van der Waals surface area contributed by atoms with E-state index in [0.717, 1.165) is 29.7 Å². The van der Waals surface area contributed by atoms with Crippen LogP contribution >= 0.6 is 0 Å². The van der Waals surface area contributed by atoms with Crippen LogP contribution in [0.4, 0.5) is 10.5 Å². The number of carbonyl (C=O) groups excluding carboxylic acids is 1. The number of urea groups is 1. The maximum Gasteiger partial charge on any atom is 0.319 e. The van der Waals surface area contributed by atoms with E-state index in [1.165, 1.54) is 5.56 Å². The van der Waals surface area contributed by atoms with Gasteiger partial charge in [0.1, 0.15) is 0 Å². The van der Waals surface area contributed by atoms with Crippen LogP contribution in [0.25, 0.3) is 0 Å². The molecule has 0 unspecified atom stereocenters. The van der Waals surface area contributed by atoms with E-state index < -0.39 is 0 Å². The summed E-state index contributed by atoms with van der Waals surface area (Å²) in [7, 11) is 0. The molecule has 0 radical (unpaired) electrons. The average molecular weight is 294 g/mol. The van der Waals surface area contributed by atoms with Crippen LogP contribution < -0.4 is 10.6 Å². The Hall–Kier alpha value is -2.29. The number of aryl methyl sites for hydroxylation is 2. The Kier molecular flexibility index (Phi) is 3.88. The standard InChI is InChI=1S/C19H22N2O/c1-14-10-15(2)12-17(11-14)21-18(22)20-13-19(8-9-19)16-6-4-3-5-7-16/h3-7,10-12H,8-9,13H2,1-2H3,(H2,20,21,22).